The van der Waals surface area contributed by atoms with Gasteiger partial charge in [-0.05, 0) is 84.8 Å². The van der Waals surface area contributed by atoms with E-state index in [1.54, 1.807) is 0 Å². The maximum absolute atomic E-state index is 4.44. The molecule has 0 amide bonds. The van der Waals surface area contributed by atoms with Crippen LogP contribution < -0.4 is 0 Å². The first kappa shape index (κ1) is 21.6. The SMILES string of the molecule is Cc1ccc(-c2c3ccccc3c(-c3ccc4ccc(C5=C[N-]CC=C5)cc4c3)c3ccccc23)cc1. The summed E-state index contributed by atoms with van der Waals surface area (Å²) in [7, 11) is 0. The van der Waals surface area contributed by atoms with Crippen LogP contribution in [-0.2, 0) is 0 Å². The van der Waals surface area contributed by atoms with Crippen LogP contribution in [0.2, 0.25) is 0 Å². The molecule has 0 saturated carbocycles. The van der Waals surface area contributed by atoms with Crippen molar-refractivity contribution in [3.8, 4) is 22.3 Å². The van der Waals surface area contributed by atoms with Gasteiger partial charge in [-0.25, -0.2) is 0 Å². The molecular formula is C36H26N-. The highest BCUT2D eigenvalue weighted by Gasteiger charge is 2.16. The molecule has 0 aromatic heterocycles. The van der Waals surface area contributed by atoms with Gasteiger partial charge in [-0.2, -0.15) is 6.20 Å². The highest BCUT2D eigenvalue weighted by atomic mass is 14.8. The predicted molar refractivity (Wildman–Crippen MR) is 160 cm³/mol. The highest BCUT2D eigenvalue weighted by molar-refractivity contribution is 6.21. The van der Waals surface area contributed by atoms with E-state index in [0.717, 1.165) is 12.1 Å². The van der Waals surface area contributed by atoms with E-state index < -0.39 is 0 Å². The van der Waals surface area contributed by atoms with Gasteiger partial charge in [0.25, 0.3) is 0 Å². The molecule has 0 saturated heterocycles. The average molecular weight is 473 g/mol. The second-order valence-electron chi connectivity index (χ2n) is 9.84. The van der Waals surface area contributed by atoms with Crippen LogP contribution in [0.5, 0.6) is 0 Å². The summed E-state index contributed by atoms with van der Waals surface area (Å²) in [5.41, 5.74) is 8.74. The van der Waals surface area contributed by atoms with Crippen molar-refractivity contribution in [2.45, 2.75) is 6.92 Å². The first-order valence-corrected chi connectivity index (χ1v) is 12.8. The minimum absolute atomic E-state index is 0.764. The van der Waals surface area contributed by atoms with Crippen molar-refractivity contribution in [1.29, 1.82) is 0 Å². The second-order valence-corrected chi connectivity index (χ2v) is 9.84. The molecule has 6 aromatic carbocycles. The molecule has 0 fully saturated rings. The van der Waals surface area contributed by atoms with Crippen molar-refractivity contribution >= 4 is 37.9 Å². The Kier molecular flexibility index (Phi) is 5.15. The third-order valence-corrected chi connectivity index (χ3v) is 7.47. The number of benzene rings is 6. The van der Waals surface area contributed by atoms with E-state index in [2.05, 4.69) is 134 Å². The van der Waals surface area contributed by atoms with Gasteiger partial charge in [0.15, 0.2) is 0 Å². The number of rotatable bonds is 3. The minimum atomic E-state index is 0.764. The largest absolute Gasteiger partial charge is 0.687 e. The lowest BCUT2D eigenvalue weighted by Gasteiger charge is -2.20. The van der Waals surface area contributed by atoms with Crippen LogP contribution >= 0.6 is 0 Å². The van der Waals surface area contributed by atoms with Crippen molar-refractivity contribution in [3.63, 3.8) is 0 Å². The monoisotopic (exact) mass is 472 g/mol. The summed E-state index contributed by atoms with van der Waals surface area (Å²) in [6.45, 7) is 2.91. The Morgan fingerprint density at radius 2 is 1.08 bits per heavy atom. The molecule has 1 heteroatoms. The van der Waals surface area contributed by atoms with Gasteiger partial charge in [-0.3, -0.25) is 0 Å². The van der Waals surface area contributed by atoms with Gasteiger partial charge in [0.1, 0.15) is 0 Å². The molecule has 0 aliphatic carbocycles. The molecule has 37 heavy (non-hydrogen) atoms. The number of allylic oxidation sites excluding steroid dienone is 2. The lowest BCUT2D eigenvalue weighted by molar-refractivity contribution is 1.41. The van der Waals surface area contributed by atoms with E-state index in [9.17, 15) is 0 Å². The summed E-state index contributed by atoms with van der Waals surface area (Å²) >= 11 is 0. The lowest BCUT2D eigenvalue weighted by atomic mass is 9.85. The fourth-order valence-corrected chi connectivity index (χ4v) is 5.66. The number of aryl methyl sites for hydroxylation is 1. The molecule has 0 unspecified atom stereocenters. The molecular weight excluding hydrogens is 446 g/mol. The lowest BCUT2D eigenvalue weighted by Crippen LogP contribution is -1.91. The summed E-state index contributed by atoms with van der Waals surface area (Å²) < 4.78 is 0. The van der Waals surface area contributed by atoms with Crippen LogP contribution in [0.15, 0.2) is 128 Å². The number of nitrogens with zero attached hydrogens (tertiary/aromatic N) is 1. The predicted octanol–water partition coefficient (Wildman–Crippen LogP) is 10.1. The molecule has 7 rings (SSSR count). The third-order valence-electron chi connectivity index (χ3n) is 7.47. The van der Waals surface area contributed by atoms with Gasteiger partial charge in [-0.15, -0.1) is 12.6 Å². The summed E-state index contributed by atoms with van der Waals surface area (Å²) in [4.78, 5) is 0. The Labute approximate surface area is 217 Å². The van der Waals surface area contributed by atoms with Crippen LogP contribution in [0.4, 0.5) is 0 Å². The normalized spacial score (nSPS) is 13.2. The van der Waals surface area contributed by atoms with E-state index in [1.807, 2.05) is 6.20 Å². The average Bonchev–Trinajstić information content (AvgIpc) is 2.96. The summed E-state index contributed by atoms with van der Waals surface area (Å²) in [5.74, 6) is 0. The molecule has 0 N–H and O–H groups in total. The van der Waals surface area contributed by atoms with Crippen molar-refractivity contribution < 1.29 is 0 Å². The van der Waals surface area contributed by atoms with Crippen LogP contribution in [-0.4, -0.2) is 6.54 Å². The molecule has 0 spiro atoms. The van der Waals surface area contributed by atoms with Crippen LogP contribution in [0.25, 0.3) is 65.5 Å². The summed E-state index contributed by atoms with van der Waals surface area (Å²) in [6.07, 6.45) is 6.27. The van der Waals surface area contributed by atoms with Gasteiger partial charge >= 0.3 is 0 Å². The molecule has 1 heterocycles. The fourth-order valence-electron chi connectivity index (χ4n) is 5.66. The zero-order valence-corrected chi connectivity index (χ0v) is 20.8. The second kappa shape index (κ2) is 8.80. The first-order chi connectivity index (χ1) is 18.3. The Bertz CT molecular complexity index is 1810. The molecule has 0 radical (unpaired) electrons. The molecule has 1 nitrogen and oxygen atoms in total. The van der Waals surface area contributed by atoms with Gasteiger partial charge in [0.2, 0.25) is 0 Å². The smallest absolute Gasteiger partial charge is 0.00262 e. The van der Waals surface area contributed by atoms with Crippen LogP contribution in [0, 0.1) is 6.92 Å². The number of hydrogen-bond donors (Lipinski definition) is 0. The van der Waals surface area contributed by atoms with E-state index >= 15 is 0 Å². The topological polar surface area (TPSA) is 14.1 Å². The van der Waals surface area contributed by atoms with Crippen molar-refractivity contribution in [1.82, 2.24) is 0 Å². The van der Waals surface area contributed by atoms with E-state index in [-0.39, 0.29) is 0 Å². The molecule has 0 bridgehead atoms. The van der Waals surface area contributed by atoms with Crippen molar-refractivity contribution in [2.75, 3.05) is 6.54 Å². The van der Waals surface area contributed by atoms with E-state index in [1.165, 1.54) is 65.7 Å². The molecule has 176 valence electrons. The summed E-state index contributed by atoms with van der Waals surface area (Å²) in [5, 5.41) is 12.1. The summed E-state index contributed by atoms with van der Waals surface area (Å²) in [6, 6.07) is 40.2. The van der Waals surface area contributed by atoms with Crippen LogP contribution in [0.3, 0.4) is 0 Å². The van der Waals surface area contributed by atoms with Crippen LogP contribution in [0.1, 0.15) is 11.1 Å². The first-order valence-electron chi connectivity index (χ1n) is 12.8. The number of hydrogen-bond acceptors (Lipinski definition) is 0. The quantitative estimate of drug-likeness (QED) is 0.228. The Balaban J connectivity index is 1.51. The maximum atomic E-state index is 4.44. The van der Waals surface area contributed by atoms with Crippen molar-refractivity contribution in [3.05, 3.63) is 144 Å². The highest BCUT2D eigenvalue weighted by Crippen LogP contribution is 2.44. The molecule has 1 aliphatic rings. The minimum Gasteiger partial charge on any atom is -0.687 e. The molecule has 6 aromatic rings. The Morgan fingerprint density at radius 1 is 0.541 bits per heavy atom. The Morgan fingerprint density at radius 3 is 1.68 bits per heavy atom. The molecule has 1 aliphatic heterocycles. The molecule has 0 atom stereocenters. The zero-order valence-electron chi connectivity index (χ0n) is 20.8. The number of fused-ring (bicyclic) bond motifs is 3. The van der Waals surface area contributed by atoms with Gasteiger partial charge in [-0.1, -0.05) is 109 Å². The van der Waals surface area contributed by atoms with Gasteiger partial charge < -0.3 is 5.32 Å². The van der Waals surface area contributed by atoms with Gasteiger partial charge in [0.05, 0.1) is 0 Å². The standard InChI is InChI=1S/C36H26N/c1-24-12-14-26(15-13-24)35-31-8-2-4-10-33(31)36(34-11-5-3-9-32(34)35)28-19-17-25-16-18-27(21-30(25)22-28)29-7-6-20-37-23-29/h2-19,21-23H,20H2,1H3/q-1. The van der Waals surface area contributed by atoms with Gasteiger partial charge in [0, 0.05) is 0 Å². The maximum Gasteiger partial charge on any atom is -0.00262 e. The zero-order chi connectivity index (χ0) is 24.8. The fraction of sp³-hybridized carbons (Fsp3) is 0.0556. The Hall–Kier alpha value is -4.62. The van der Waals surface area contributed by atoms with E-state index in [4.69, 9.17) is 0 Å². The van der Waals surface area contributed by atoms with Crippen molar-refractivity contribution in [2.24, 2.45) is 0 Å². The third kappa shape index (κ3) is 3.72. The van der Waals surface area contributed by atoms with E-state index in [0.29, 0.717) is 0 Å².